The summed E-state index contributed by atoms with van der Waals surface area (Å²) in [6, 6.07) is 8.50. The Hall–Kier alpha value is -1.86. The maximum Gasteiger partial charge on any atom is 0.336 e. The minimum Gasteiger partial charge on any atom is -0.478 e. The molecule has 0 aliphatic carbocycles. The summed E-state index contributed by atoms with van der Waals surface area (Å²) >= 11 is 4.57. The normalized spacial score (nSPS) is 10.2. The van der Waals surface area contributed by atoms with Gasteiger partial charge in [0.05, 0.1) is 5.56 Å². The number of carbonyl (C=O) groups excluding carboxylic acids is 1. The summed E-state index contributed by atoms with van der Waals surface area (Å²) in [5, 5.41) is 11.6. The Balaban J connectivity index is 2.28. The Morgan fingerprint density at radius 2 is 1.95 bits per heavy atom. The molecular formula is C14H11BrN2O3S. The third kappa shape index (κ3) is 3.83. The van der Waals surface area contributed by atoms with Gasteiger partial charge in [-0.1, -0.05) is 11.8 Å². The topological polar surface area (TPSA) is 79.3 Å². The number of carboxylic acids is 1. The van der Waals surface area contributed by atoms with Crippen LogP contribution in [0.5, 0.6) is 0 Å². The predicted molar refractivity (Wildman–Crippen MR) is 82.9 cm³/mol. The van der Waals surface area contributed by atoms with E-state index in [1.54, 1.807) is 36.5 Å². The van der Waals surface area contributed by atoms with Crippen molar-refractivity contribution in [2.24, 2.45) is 0 Å². The molecule has 1 aromatic heterocycles. The van der Waals surface area contributed by atoms with Crippen molar-refractivity contribution >= 4 is 39.6 Å². The first-order valence-electron chi connectivity index (χ1n) is 5.90. The summed E-state index contributed by atoms with van der Waals surface area (Å²) in [5.41, 5.74) is 0.513. The molecule has 7 heteroatoms. The number of rotatable bonds is 4. The van der Waals surface area contributed by atoms with Crippen molar-refractivity contribution in [3.8, 4) is 0 Å². The molecule has 0 atom stereocenters. The number of nitrogens with one attached hydrogen (secondary N) is 1. The van der Waals surface area contributed by atoms with Crippen LogP contribution in [0.4, 0.5) is 0 Å². The second-order valence-corrected chi connectivity index (χ2v) is 6.01. The van der Waals surface area contributed by atoms with E-state index < -0.39 is 5.97 Å². The SMILES string of the molecule is CNC(=O)c1cc(Sc2ccc(Br)c(C(=O)O)c2)ccn1. The first-order valence-corrected chi connectivity index (χ1v) is 7.51. The summed E-state index contributed by atoms with van der Waals surface area (Å²) in [7, 11) is 1.54. The van der Waals surface area contributed by atoms with Gasteiger partial charge in [0.2, 0.25) is 0 Å². The molecule has 0 spiro atoms. The summed E-state index contributed by atoms with van der Waals surface area (Å²) in [6.45, 7) is 0. The molecule has 0 unspecified atom stereocenters. The van der Waals surface area contributed by atoms with Crippen LogP contribution < -0.4 is 5.32 Å². The highest BCUT2D eigenvalue weighted by Gasteiger charge is 2.11. The maximum absolute atomic E-state index is 11.5. The van der Waals surface area contributed by atoms with Gasteiger partial charge in [-0.15, -0.1) is 0 Å². The summed E-state index contributed by atoms with van der Waals surface area (Å²) < 4.78 is 0.528. The number of halogens is 1. The van der Waals surface area contributed by atoms with Gasteiger partial charge in [-0.05, 0) is 46.3 Å². The van der Waals surface area contributed by atoms with Crippen LogP contribution in [0.25, 0.3) is 0 Å². The fraction of sp³-hybridized carbons (Fsp3) is 0.0714. The van der Waals surface area contributed by atoms with Gasteiger partial charge < -0.3 is 10.4 Å². The van der Waals surface area contributed by atoms with E-state index in [2.05, 4.69) is 26.2 Å². The zero-order valence-electron chi connectivity index (χ0n) is 11.0. The highest BCUT2D eigenvalue weighted by atomic mass is 79.9. The zero-order chi connectivity index (χ0) is 15.4. The largest absolute Gasteiger partial charge is 0.478 e. The second-order valence-electron chi connectivity index (χ2n) is 4.00. The third-order valence-corrected chi connectivity index (χ3v) is 4.27. The van der Waals surface area contributed by atoms with Gasteiger partial charge in [0, 0.05) is 27.5 Å². The number of aromatic carboxylic acids is 1. The average molecular weight is 367 g/mol. The lowest BCUT2D eigenvalue weighted by Gasteiger charge is -2.06. The molecule has 2 N–H and O–H groups in total. The highest BCUT2D eigenvalue weighted by molar-refractivity contribution is 9.10. The molecule has 0 aliphatic heterocycles. The highest BCUT2D eigenvalue weighted by Crippen LogP contribution is 2.30. The number of carboxylic acid groups (broad SMARTS) is 1. The molecule has 0 radical (unpaired) electrons. The number of carbonyl (C=O) groups is 2. The number of hydrogen-bond donors (Lipinski definition) is 2. The minimum absolute atomic E-state index is 0.195. The smallest absolute Gasteiger partial charge is 0.336 e. The van der Waals surface area contributed by atoms with E-state index in [1.165, 1.54) is 18.8 Å². The molecule has 0 saturated heterocycles. The Labute approximate surface area is 133 Å². The molecule has 1 amide bonds. The third-order valence-electron chi connectivity index (χ3n) is 2.60. The number of pyridine rings is 1. The fourth-order valence-electron chi connectivity index (χ4n) is 1.59. The molecule has 1 aromatic carbocycles. The van der Waals surface area contributed by atoms with Gasteiger partial charge in [0.15, 0.2) is 0 Å². The average Bonchev–Trinajstić information content (AvgIpc) is 2.48. The van der Waals surface area contributed by atoms with E-state index in [9.17, 15) is 9.59 Å². The molecular weight excluding hydrogens is 356 g/mol. The molecule has 0 aliphatic rings. The molecule has 1 heterocycles. The molecule has 0 saturated carbocycles. The molecule has 21 heavy (non-hydrogen) atoms. The Morgan fingerprint density at radius 1 is 1.24 bits per heavy atom. The maximum atomic E-state index is 11.5. The minimum atomic E-state index is -0.995. The van der Waals surface area contributed by atoms with E-state index in [-0.39, 0.29) is 11.5 Å². The monoisotopic (exact) mass is 366 g/mol. The molecule has 108 valence electrons. The lowest BCUT2D eigenvalue weighted by molar-refractivity contribution is 0.0695. The van der Waals surface area contributed by atoms with Crippen molar-refractivity contribution in [2.75, 3.05) is 7.05 Å². The van der Waals surface area contributed by atoms with Crippen LogP contribution in [0, 0.1) is 0 Å². The molecule has 2 aromatic rings. The van der Waals surface area contributed by atoms with Gasteiger partial charge in [0.25, 0.3) is 5.91 Å². The Kier molecular flexibility index (Phi) is 4.98. The van der Waals surface area contributed by atoms with Crippen molar-refractivity contribution < 1.29 is 14.7 Å². The van der Waals surface area contributed by atoms with Crippen LogP contribution in [0.1, 0.15) is 20.8 Å². The summed E-state index contributed by atoms with van der Waals surface area (Å²) in [5.74, 6) is -1.26. The van der Waals surface area contributed by atoms with Crippen LogP contribution in [-0.2, 0) is 0 Å². The van der Waals surface area contributed by atoms with Crippen LogP contribution >= 0.6 is 27.7 Å². The van der Waals surface area contributed by atoms with Crippen LogP contribution in [0.15, 0.2) is 50.8 Å². The van der Waals surface area contributed by atoms with Crippen molar-refractivity contribution in [3.05, 3.63) is 52.3 Å². The molecule has 0 fully saturated rings. The fourth-order valence-corrected chi connectivity index (χ4v) is 2.90. The van der Waals surface area contributed by atoms with Crippen molar-refractivity contribution in [2.45, 2.75) is 9.79 Å². The lowest BCUT2D eigenvalue weighted by atomic mass is 10.2. The number of hydrogen-bond acceptors (Lipinski definition) is 4. The predicted octanol–water partition coefficient (Wildman–Crippen LogP) is 3.05. The van der Waals surface area contributed by atoms with E-state index in [0.717, 1.165) is 9.79 Å². The molecule has 5 nitrogen and oxygen atoms in total. The van der Waals surface area contributed by atoms with Crippen molar-refractivity contribution in [1.82, 2.24) is 10.3 Å². The van der Waals surface area contributed by atoms with Gasteiger partial charge in [-0.3, -0.25) is 9.78 Å². The standard InChI is InChI=1S/C14H11BrN2O3S/c1-16-13(18)12-7-9(4-5-17-12)21-8-2-3-11(15)10(6-8)14(19)20/h2-7H,1H3,(H,16,18)(H,19,20). The number of aromatic nitrogens is 1. The van der Waals surface area contributed by atoms with E-state index in [1.807, 2.05) is 0 Å². The number of nitrogens with zero attached hydrogens (tertiary/aromatic N) is 1. The summed E-state index contributed by atoms with van der Waals surface area (Å²) in [6.07, 6.45) is 1.55. The van der Waals surface area contributed by atoms with E-state index >= 15 is 0 Å². The van der Waals surface area contributed by atoms with Crippen molar-refractivity contribution in [3.63, 3.8) is 0 Å². The van der Waals surface area contributed by atoms with Gasteiger partial charge >= 0.3 is 5.97 Å². The first-order chi connectivity index (χ1) is 10.0. The molecule has 0 bridgehead atoms. The van der Waals surface area contributed by atoms with Crippen LogP contribution in [0.3, 0.4) is 0 Å². The Bertz CT molecular complexity index is 706. The second kappa shape index (κ2) is 6.73. The quantitative estimate of drug-likeness (QED) is 0.869. The zero-order valence-corrected chi connectivity index (χ0v) is 13.4. The van der Waals surface area contributed by atoms with Crippen LogP contribution in [0.2, 0.25) is 0 Å². The first kappa shape index (κ1) is 15.5. The Morgan fingerprint density at radius 3 is 2.62 bits per heavy atom. The van der Waals surface area contributed by atoms with Gasteiger partial charge in [0.1, 0.15) is 5.69 Å². The van der Waals surface area contributed by atoms with Gasteiger partial charge in [-0.25, -0.2) is 4.79 Å². The van der Waals surface area contributed by atoms with Crippen LogP contribution in [-0.4, -0.2) is 29.0 Å². The lowest BCUT2D eigenvalue weighted by Crippen LogP contribution is -2.18. The summed E-state index contributed by atoms with van der Waals surface area (Å²) in [4.78, 5) is 28.2. The van der Waals surface area contributed by atoms with Crippen molar-refractivity contribution in [1.29, 1.82) is 0 Å². The van der Waals surface area contributed by atoms with E-state index in [4.69, 9.17) is 5.11 Å². The molecule has 2 rings (SSSR count). The van der Waals surface area contributed by atoms with E-state index in [0.29, 0.717) is 10.2 Å². The number of amides is 1. The number of benzene rings is 1. The van der Waals surface area contributed by atoms with Gasteiger partial charge in [-0.2, -0.15) is 0 Å².